The van der Waals surface area contributed by atoms with E-state index in [-0.39, 0.29) is 0 Å². The van der Waals surface area contributed by atoms with Crippen molar-refractivity contribution in [2.75, 3.05) is 13.1 Å². The van der Waals surface area contributed by atoms with Crippen LogP contribution in [0.1, 0.15) is 30.2 Å². The van der Waals surface area contributed by atoms with Gasteiger partial charge in [-0.2, -0.15) is 4.98 Å². The molecule has 0 amide bonds. The number of piperidine rings is 1. The fourth-order valence-electron chi connectivity index (χ4n) is 3.09. The zero-order valence-corrected chi connectivity index (χ0v) is 13.4. The first-order valence-corrected chi connectivity index (χ1v) is 8.25. The number of nitrogens with zero attached hydrogens (tertiary/aromatic N) is 5. The quantitative estimate of drug-likeness (QED) is 0.736. The Morgan fingerprint density at radius 2 is 2.00 bits per heavy atom. The SMILES string of the molecule is c1ccc(-c2noc(C3CCN(Cc4cccnc4)CC3)n2)nc1. The van der Waals surface area contributed by atoms with Gasteiger partial charge in [-0.3, -0.25) is 14.9 Å². The molecule has 0 aromatic carbocycles. The minimum absolute atomic E-state index is 0.333. The van der Waals surface area contributed by atoms with Gasteiger partial charge in [0.2, 0.25) is 11.7 Å². The Labute approximate surface area is 140 Å². The summed E-state index contributed by atoms with van der Waals surface area (Å²) in [6.45, 7) is 3.01. The monoisotopic (exact) mass is 321 g/mol. The van der Waals surface area contributed by atoms with Crippen molar-refractivity contribution in [3.8, 4) is 11.5 Å². The molecule has 0 spiro atoms. The van der Waals surface area contributed by atoms with Gasteiger partial charge in [-0.15, -0.1) is 0 Å². The summed E-state index contributed by atoms with van der Waals surface area (Å²) in [5.74, 6) is 1.64. The molecule has 6 heteroatoms. The number of rotatable bonds is 4. The molecule has 1 aliphatic rings. The Morgan fingerprint density at radius 1 is 1.08 bits per heavy atom. The second kappa shape index (κ2) is 6.88. The fraction of sp³-hybridized carbons (Fsp3) is 0.333. The Morgan fingerprint density at radius 3 is 2.75 bits per heavy atom. The molecule has 122 valence electrons. The average Bonchev–Trinajstić information content (AvgIpc) is 3.14. The molecule has 0 bridgehead atoms. The molecule has 1 fully saturated rings. The number of hydrogen-bond donors (Lipinski definition) is 0. The summed E-state index contributed by atoms with van der Waals surface area (Å²) in [4.78, 5) is 15.4. The van der Waals surface area contributed by atoms with Crippen molar-refractivity contribution in [2.45, 2.75) is 25.3 Å². The molecule has 24 heavy (non-hydrogen) atoms. The normalized spacial score (nSPS) is 16.3. The van der Waals surface area contributed by atoms with E-state index >= 15 is 0 Å². The largest absolute Gasteiger partial charge is 0.339 e. The van der Waals surface area contributed by atoms with Crippen LogP contribution >= 0.6 is 0 Å². The van der Waals surface area contributed by atoms with E-state index in [2.05, 4.69) is 31.1 Å². The highest BCUT2D eigenvalue weighted by molar-refractivity contribution is 5.47. The molecular weight excluding hydrogens is 302 g/mol. The fourth-order valence-corrected chi connectivity index (χ4v) is 3.09. The van der Waals surface area contributed by atoms with Crippen LogP contribution in [0.2, 0.25) is 0 Å². The minimum Gasteiger partial charge on any atom is -0.339 e. The number of pyridine rings is 2. The zero-order valence-electron chi connectivity index (χ0n) is 13.4. The van der Waals surface area contributed by atoms with Gasteiger partial charge in [0.25, 0.3) is 0 Å². The van der Waals surface area contributed by atoms with Crippen LogP contribution < -0.4 is 0 Å². The van der Waals surface area contributed by atoms with Gasteiger partial charge in [-0.05, 0) is 49.7 Å². The second-order valence-corrected chi connectivity index (χ2v) is 6.08. The highest BCUT2D eigenvalue weighted by Gasteiger charge is 2.25. The maximum absolute atomic E-state index is 5.48. The summed E-state index contributed by atoms with van der Waals surface area (Å²) in [6.07, 6.45) is 7.55. The third kappa shape index (κ3) is 3.33. The molecule has 1 aliphatic heterocycles. The molecule has 4 heterocycles. The number of aromatic nitrogens is 4. The van der Waals surface area contributed by atoms with Crippen molar-refractivity contribution in [1.29, 1.82) is 0 Å². The lowest BCUT2D eigenvalue weighted by molar-refractivity contribution is 0.187. The Kier molecular flexibility index (Phi) is 4.29. The lowest BCUT2D eigenvalue weighted by atomic mass is 9.96. The van der Waals surface area contributed by atoms with Crippen molar-refractivity contribution in [3.05, 3.63) is 60.4 Å². The maximum Gasteiger partial charge on any atom is 0.230 e. The van der Waals surface area contributed by atoms with Crippen molar-refractivity contribution in [1.82, 2.24) is 25.0 Å². The Balaban J connectivity index is 1.37. The summed E-state index contributed by atoms with van der Waals surface area (Å²) >= 11 is 0. The molecule has 0 N–H and O–H groups in total. The molecule has 1 saturated heterocycles. The standard InChI is InChI=1S/C18H19N5O/c1-2-9-20-16(5-1)17-21-18(24-22-17)15-6-10-23(11-7-15)13-14-4-3-8-19-12-14/h1-5,8-9,12,15H,6-7,10-11,13H2. The first-order valence-electron chi connectivity index (χ1n) is 8.25. The topological polar surface area (TPSA) is 67.9 Å². The van der Waals surface area contributed by atoms with Gasteiger partial charge in [0.05, 0.1) is 0 Å². The molecule has 0 atom stereocenters. The van der Waals surface area contributed by atoms with Crippen LogP contribution in [0.15, 0.2) is 53.4 Å². The summed E-state index contributed by atoms with van der Waals surface area (Å²) in [5, 5.41) is 4.08. The summed E-state index contributed by atoms with van der Waals surface area (Å²) < 4.78 is 5.48. The predicted octanol–water partition coefficient (Wildman–Crippen LogP) is 2.91. The van der Waals surface area contributed by atoms with Gasteiger partial charge in [-0.25, -0.2) is 0 Å². The van der Waals surface area contributed by atoms with E-state index in [1.807, 2.05) is 36.7 Å². The number of likely N-dealkylation sites (tertiary alicyclic amines) is 1. The minimum atomic E-state index is 0.333. The highest BCUT2D eigenvalue weighted by Crippen LogP contribution is 2.28. The zero-order chi connectivity index (χ0) is 16.2. The molecule has 3 aromatic heterocycles. The molecule has 4 rings (SSSR count). The van der Waals surface area contributed by atoms with E-state index in [4.69, 9.17) is 4.52 Å². The van der Waals surface area contributed by atoms with Crippen LogP contribution in [0.4, 0.5) is 0 Å². The van der Waals surface area contributed by atoms with Gasteiger partial charge >= 0.3 is 0 Å². The van der Waals surface area contributed by atoms with Crippen molar-refractivity contribution < 1.29 is 4.52 Å². The van der Waals surface area contributed by atoms with Crippen molar-refractivity contribution in [3.63, 3.8) is 0 Å². The lowest BCUT2D eigenvalue weighted by Crippen LogP contribution is -2.32. The third-order valence-corrected chi connectivity index (χ3v) is 4.40. The van der Waals surface area contributed by atoms with E-state index in [1.54, 1.807) is 6.20 Å². The number of hydrogen-bond acceptors (Lipinski definition) is 6. The Hall–Kier alpha value is -2.60. The van der Waals surface area contributed by atoms with Crippen LogP contribution in [0.5, 0.6) is 0 Å². The maximum atomic E-state index is 5.48. The summed E-state index contributed by atoms with van der Waals surface area (Å²) in [5.41, 5.74) is 2.01. The first-order chi connectivity index (χ1) is 11.9. The van der Waals surface area contributed by atoms with E-state index < -0.39 is 0 Å². The van der Waals surface area contributed by atoms with Gasteiger partial charge in [0, 0.05) is 31.1 Å². The molecular formula is C18H19N5O. The highest BCUT2D eigenvalue weighted by atomic mass is 16.5. The smallest absolute Gasteiger partial charge is 0.230 e. The summed E-state index contributed by atoms with van der Waals surface area (Å²) in [6, 6.07) is 9.80. The molecule has 3 aromatic rings. The predicted molar refractivity (Wildman–Crippen MR) is 89.0 cm³/mol. The van der Waals surface area contributed by atoms with Crippen LogP contribution in [0, 0.1) is 0 Å². The molecule has 0 unspecified atom stereocenters. The molecule has 0 saturated carbocycles. The van der Waals surface area contributed by atoms with Gasteiger partial charge in [0.1, 0.15) is 5.69 Å². The van der Waals surface area contributed by atoms with Gasteiger partial charge in [-0.1, -0.05) is 17.3 Å². The summed E-state index contributed by atoms with van der Waals surface area (Å²) in [7, 11) is 0. The first kappa shape index (κ1) is 15.0. The van der Waals surface area contributed by atoms with E-state index in [0.717, 1.165) is 44.1 Å². The average molecular weight is 321 g/mol. The lowest BCUT2D eigenvalue weighted by Gasteiger charge is -2.30. The van der Waals surface area contributed by atoms with Crippen molar-refractivity contribution in [2.24, 2.45) is 0 Å². The van der Waals surface area contributed by atoms with E-state index in [0.29, 0.717) is 11.7 Å². The van der Waals surface area contributed by atoms with Gasteiger partial charge < -0.3 is 4.52 Å². The molecule has 0 aliphatic carbocycles. The van der Waals surface area contributed by atoms with Crippen molar-refractivity contribution >= 4 is 0 Å². The van der Waals surface area contributed by atoms with Crippen LogP contribution in [-0.4, -0.2) is 38.1 Å². The van der Waals surface area contributed by atoms with Crippen LogP contribution in [0.3, 0.4) is 0 Å². The van der Waals surface area contributed by atoms with E-state index in [1.165, 1.54) is 5.56 Å². The Bertz CT molecular complexity index is 766. The second-order valence-electron chi connectivity index (χ2n) is 6.08. The van der Waals surface area contributed by atoms with Gasteiger partial charge in [0.15, 0.2) is 0 Å². The molecule has 6 nitrogen and oxygen atoms in total. The third-order valence-electron chi connectivity index (χ3n) is 4.40. The molecule has 0 radical (unpaired) electrons. The van der Waals surface area contributed by atoms with Crippen LogP contribution in [0.25, 0.3) is 11.5 Å². The van der Waals surface area contributed by atoms with Crippen LogP contribution in [-0.2, 0) is 6.54 Å². The van der Waals surface area contributed by atoms with E-state index in [9.17, 15) is 0 Å².